The van der Waals surface area contributed by atoms with E-state index in [9.17, 15) is 5.11 Å². The fourth-order valence-electron chi connectivity index (χ4n) is 3.49. The minimum absolute atomic E-state index is 0.471. The first-order valence-corrected chi connectivity index (χ1v) is 9.22. The second kappa shape index (κ2) is 7.30. The molecule has 22 heavy (non-hydrogen) atoms. The van der Waals surface area contributed by atoms with Gasteiger partial charge in [0.15, 0.2) is 0 Å². The lowest BCUT2D eigenvalue weighted by atomic mass is 9.87. The summed E-state index contributed by atoms with van der Waals surface area (Å²) in [7, 11) is 0. The van der Waals surface area contributed by atoms with Crippen LogP contribution in [0.2, 0.25) is 0 Å². The molecule has 2 nitrogen and oxygen atoms in total. The Morgan fingerprint density at radius 2 is 2.23 bits per heavy atom. The Bertz CT molecular complexity index is 593. The molecule has 0 bridgehead atoms. The highest BCUT2D eigenvalue weighted by Gasteiger charge is 2.21. The summed E-state index contributed by atoms with van der Waals surface area (Å²) in [6, 6.07) is 10.9. The van der Waals surface area contributed by atoms with Gasteiger partial charge in [0.25, 0.3) is 0 Å². The predicted molar refractivity (Wildman–Crippen MR) is 93.9 cm³/mol. The number of phenols is 1. The van der Waals surface area contributed by atoms with E-state index in [2.05, 4.69) is 35.8 Å². The molecule has 0 aliphatic heterocycles. The molecule has 118 valence electrons. The molecule has 0 amide bonds. The van der Waals surface area contributed by atoms with Crippen molar-refractivity contribution in [2.24, 2.45) is 0 Å². The average molecular weight is 315 g/mol. The maximum Gasteiger partial charge on any atom is 0.119 e. The van der Waals surface area contributed by atoms with E-state index in [0.717, 1.165) is 31.4 Å². The summed E-state index contributed by atoms with van der Waals surface area (Å²) in [5.41, 5.74) is 2.47. The van der Waals surface area contributed by atoms with Gasteiger partial charge in [-0.1, -0.05) is 31.5 Å². The number of aromatic hydroxyl groups is 1. The zero-order valence-corrected chi connectivity index (χ0v) is 14.0. The number of phenolic OH excluding ortho intramolecular Hbond substituents is 1. The number of thiophene rings is 1. The fraction of sp³-hybridized carbons (Fsp3) is 0.474. The van der Waals surface area contributed by atoms with Crippen LogP contribution < -0.4 is 5.32 Å². The van der Waals surface area contributed by atoms with E-state index in [1.54, 1.807) is 6.07 Å². The standard InChI is InChI=1S/C19H25NOS/c1-2-5-15(19-8-4-11-22-19)13-20-16-9-10-17-14(12-16)6-3-7-18(17)21/h3-4,6-8,11,15-16,20-21H,2,5,9-10,12-13H2,1H3/t15?,16-/m1/s1. The number of fused-ring (bicyclic) bond motifs is 1. The van der Waals surface area contributed by atoms with Crippen LogP contribution in [0.15, 0.2) is 35.7 Å². The van der Waals surface area contributed by atoms with Gasteiger partial charge in [-0.05, 0) is 54.3 Å². The van der Waals surface area contributed by atoms with Gasteiger partial charge >= 0.3 is 0 Å². The molecular weight excluding hydrogens is 290 g/mol. The zero-order valence-electron chi connectivity index (χ0n) is 13.2. The first-order valence-electron chi connectivity index (χ1n) is 8.34. The van der Waals surface area contributed by atoms with Crippen molar-refractivity contribution in [2.75, 3.05) is 6.54 Å². The topological polar surface area (TPSA) is 32.3 Å². The number of hydrogen-bond donors (Lipinski definition) is 2. The molecular formula is C19H25NOS. The number of benzene rings is 1. The van der Waals surface area contributed by atoms with Crippen LogP contribution in [0.5, 0.6) is 5.75 Å². The van der Waals surface area contributed by atoms with Crippen LogP contribution in [0.4, 0.5) is 0 Å². The van der Waals surface area contributed by atoms with Gasteiger partial charge in [-0.2, -0.15) is 0 Å². The quantitative estimate of drug-likeness (QED) is 0.823. The molecule has 3 heteroatoms. The predicted octanol–water partition coefficient (Wildman–Crippen LogP) is 4.48. The normalized spacial score (nSPS) is 18.9. The van der Waals surface area contributed by atoms with Crippen molar-refractivity contribution >= 4 is 11.3 Å². The van der Waals surface area contributed by atoms with E-state index < -0.39 is 0 Å². The monoisotopic (exact) mass is 315 g/mol. The van der Waals surface area contributed by atoms with Gasteiger partial charge in [-0.25, -0.2) is 0 Å². The fourth-order valence-corrected chi connectivity index (χ4v) is 4.35. The molecule has 1 heterocycles. The van der Waals surface area contributed by atoms with E-state index in [1.165, 1.54) is 23.3 Å². The lowest BCUT2D eigenvalue weighted by Gasteiger charge is -2.28. The van der Waals surface area contributed by atoms with Crippen molar-refractivity contribution in [3.8, 4) is 5.75 Å². The van der Waals surface area contributed by atoms with Crippen LogP contribution >= 0.6 is 11.3 Å². The molecule has 1 aliphatic rings. The molecule has 0 saturated carbocycles. The van der Waals surface area contributed by atoms with E-state index in [-0.39, 0.29) is 0 Å². The summed E-state index contributed by atoms with van der Waals surface area (Å²) in [4.78, 5) is 1.50. The molecule has 3 rings (SSSR count). The summed E-state index contributed by atoms with van der Waals surface area (Å²) in [5.74, 6) is 1.11. The Balaban J connectivity index is 1.60. The molecule has 2 aromatic rings. The molecule has 1 aliphatic carbocycles. The van der Waals surface area contributed by atoms with Gasteiger partial charge < -0.3 is 10.4 Å². The second-order valence-corrected chi connectivity index (χ2v) is 7.24. The van der Waals surface area contributed by atoms with E-state index >= 15 is 0 Å². The third-order valence-corrected chi connectivity index (χ3v) is 5.73. The minimum Gasteiger partial charge on any atom is -0.508 e. The van der Waals surface area contributed by atoms with Gasteiger partial charge in [-0.15, -0.1) is 11.3 Å². The van der Waals surface area contributed by atoms with Crippen LogP contribution in [-0.4, -0.2) is 17.7 Å². The van der Waals surface area contributed by atoms with E-state index in [0.29, 0.717) is 17.7 Å². The summed E-state index contributed by atoms with van der Waals surface area (Å²) in [6.07, 6.45) is 5.61. The first-order chi connectivity index (χ1) is 10.8. The van der Waals surface area contributed by atoms with Gasteiger partial charge in [0.2, 0.25) is 0 Å². The van der Waals surface area contributed by atoms with Crippen LogP contribution in [0.1, 0.15) is 48.1 Å². The summed E-state index contributed by atoms with van der Waals surface area (Å²) < 4.78 is 0. The van der Waals surface area contributed by atoms with Gasteiger partial charge in [-0.3, -0.25) is 0 Å². The molecule has 2 atom stereocenters. The van der Waals surface area contributed by atoms with Crippen molar-refractivity contribution in [2.45, 2.75) is 51.0 Å². The molecule has 1 aromatic heterocycles. The van der Waals surface area contributed by atoms with Crippen molar-refractivity contribution in [3.05, 3.63) is 51.7 Å². The summed E-state index contributed by atoms with van der Waals surface area (Å²) >= 11 is 1.88. The highest BCUT2D eigenvalue weighted by atomic mass is 32.1. The molecule has 1 unspecified atom stereocenters. The molecule has 0 fully saturated rings. The van der Waals surface area contributed by atoms with Crippen molar-refractivity contribution < 1.29 is 5.11 Å². The SMILES string of the molecule is CCCC(CN[C@@H]1CCc2c(O)cccc2C1)c1cccs1. The molecule has 0 spiro atoms. The maximum absolute atomic E-state index is 9.94. The van der Waals surface area contributed by atoms with Crippen LogP contribution in [-0.2, 0) is 12.8 Å². The van der Waals surface area contributed by atoms with Crippen molar-refractivity contribution in [3.63, 3.8) is 0 Å². The van der Waals surface area contributed by atoms with Crippen LogP contribution in [0.3, 0.4) is 0 Å². The van der Waals surface area contributed by atoms with Gasteiger partial charge in [0.1, 0.15) is 5.75 Å². The minimum atomic E-state index is 0.471. The summed E-state index contributed by atoms with van der Waals surface area (Å²) in [6.45, 7) is 3.33. The first kappa shape index (κ1) is 15.6. The molecule has 1 aromatic carbocycles. The average Bonchev–Trinajstić information content (AvgIpc) is 3.06. The Morgan fingerprint density at radius 3 is 3.00 bits per heavy atom. The highest BCUT2D eigenvalue weighted by molar-refractivity contribution is 7.10. The van der Waals surface area contributed by atoms with Gasteiger partial charge in [0, 0.05) is 23.4 Å². The third-order valence-electron chi connectivity index (χ3n) is 4.69. The molecule has 2 N–H and O–H groups in total. The van der Waals surface area contributed by atoms with Crippen molar-refractivity contribution in [1.82, 2.24) is 5.32 Å². The largest absolute Gasteiger partial charge is 0.508 e. The van der Waals surface area contributed by atoms with Crippen LogP contribution in [0.25, 0.3) is 0 Å². The van der Waals surface area contributed by atoms with Crippen LogP contribution in [0, 0.1) is 0 Å². The Labute approximate surface area is 137 Å². The number of hydrogen-bond acceptors (Lipinski definition) is 3. The zero-order chi connectivity index (χ0) is 15.4. The third kappa shape index (κ3) is 3.53. The lowest BCUT2D eigenvalue weighted by Crippen LogP contribution is -2.37. The Hall–Kier alpha value is -1.32. The van der Waals surface area contributed by atoms with Crippen molar-refractivity contribution in [1.29, 1.82) is 0 Å². The molecule has 0 saturated heterocycles. The highest BCUT2D eigenvalue weighted by Crippen LogP contribution is 2.30. The van der Waals surface area contributed by atoms with E-state index in [1.807, 2.05) is 17.4 Å². The Kier molecular flexibility index (Phi) is 5.16. The smallest absolute Gasteiger partial charge is 0.119 e. The number of rotatable bonds is 6. The number of nitrogens with one attached hydrogen (secondary N) is 1. The Morgan fingerprint density at radius 1 is 1.32 bits per heavy atom. The lowest BCUT2D eigenvalue weighted by molar-refractivity contribution is 0.416. The maximum atomic E-state index is 9.94. The van der Waals surface area contributed by atoms with E-state index in [4.69, 9.17) is 0 Å². The summed E-state index contributed by atoms with van der Waals surface area (Å²) in [5, 5.41) is 15.9. The molecule has 0 radical (unpaired) electrons. The second-order valence-electron chi connectivity index (χ2n) is 6.26. The van der Waals surface area contributed by atoms with Gasteiger partial charge in [0.05, 0.1) is 0 Å².